The van der Waals surface area contributed by atoms with Crippen LogP contribution in [0, 0.1) is 5.92 Å². The topological polar surface area (TPSA) is 104 Å². The van der Waals surface area contributed by atoms with Crippen molar-refractivity contribution >= 4 is 21.9 Å². The number of piperidine rings is 1. The van der Waals surface area contributed by atoms with Gasteiger partial charge < -0.3 is 14.7 Å². The molecule has 0 spiro atoms. The van der Waals surface area contributed by atoms with Gasteiger partial charge in [0.15, 0.2) is 0 Å². The van der Waals surface area contributed by atoms with E-state index in [2.05, 4.69) is 0 Å². The van der Waals surface area contributed by atoms with E-state index in [1.807, 2.05) is 0 Å². The second kappa shape index (κ2) is 8.26. The number of hydrogen-bond donors (Lipinski definition) is 1. The molecule has 0 unspecified atom stereocenters. The van der Waals surface area contributed by atoms with Crippen molar-refractivity contribution < 1.29 is 27.9 Å². The molecule has 2 aliphatic heterocycles. The van der Waals surface area contributed by atoms with E-state index in [1.165, 1.54) is 4.31 Å². The monoisotopic (exact) mass is 362 g/mol. The molecule has 2 atom stereocenters. The molecule has 138 valence electrons. The third-order valence-electron chi connectivity index (χ3n) is 4.56. The van der Waals surface area contributed by atoms with Crippen molar-refractivity contribution in [2.45, 2.75) is 38.2 Å². The van der Waals surface area contributed by atoms with Gasteiger partial charge in [-0.15, -0.1) is 0 Å². The number of hydrogen-bond acceptors (Lipinski definition) is 5. The Morgan fingerprint density at radius 2 is 2.04 bits per heavy atom. The Morgan fingerprint density at radius 1 is 1.29 bits per heavy atom. The van der Waals surface area contributed by atoms with Crippen LogP contribution in [0.4, 0.5) is 0 Å². The zero-order valence-corrected chi connectivity index (χ0v) is 14.8. The van der Waals surface area contributed by atoms with Gasteiger partial charge in [0.2, 0.25) is 15.9 Å². The number of aliphatic carboxylic acids is 1. The molecule has 2 rings (SSSR count). The summed E-state index contributed by atoms with van der Waals surface area (Å²) in [6.45, 7) is 1.78. The van der Waals surface area contributed by atoms with Crippen LogP contribution in [0.15, 0.2) is 0 Å². The summed E-state index contributed by atoms with van der Waals surface area (Å²) in [5.41, 5.74) is 0. The summed E-state index contributed by atoms with van der Waals surface area (Å²) in [6.07, 6.45) is 4.02. The molecule has 1 amide bonds. The Bertz CT molecular complexity index is 558. The van der Waals surface area contributed by atoms with Crippen LogP contribution in [0.1, 0.15) is 32.1 Å². The third kappa shape index (κ3) is 5.42. The molecular formula is C15H26N2O6S. The quantitative estimate of drug-likeness (QED) is 0.691. The number of ether oxygens (including phenoxy) is 1. The van der Waals surface area contributed by atoms with Gasteiger partial charge in [0.25, 0.3) is 0 Å². The van der Waals surface area contributed by atoms with Gasteiger partial charge in [-0.1, -0.05) is 0 Å². The number of sulfonamides is 1. The fourth-order valence-corrected chi connectivity index (χ4v) is 4.17. The Labute approximate surface area is 142 Å². The Balaban J connectivity index is 2.02. The van der Waals surface area contributed by atoms with Crippen molar-refractivity contribution in [3.05, 3.63) is 0 Å². The van der Waals surface area contributed by atoms with Gasteiger partial charge >= 0.3 is 5.97 Å². The van der Waals surface area contributed by atoms with Crippen LogP contribution < -0.4 is 0 Å². The normalized spacial score (nSPS) is 25.5. The predicted molar refractivity (Wildman–Crippen MR) is 86.9 cm³/mol. The number of carboxylic acids is 1. The van der Waals surface area contributed by atoms with Gasteiger partial charge in [-0.05, 0) is 25.7 Å². The van der Waals surface area contributed by atoms with E-state index < -0.39 is 21.9 Å². The highest BCUT2D eigenvalue weighted by atomic mass is 32.2. The summed E-state index contributed by atoms with van der Waals surface area (Å²) in [6, 6.07) is 0. The molecule has 0 radical (unpaired) electrons. The second-order valence-corrected chi connectivity index (χ2v) is 8.51. The largest absolute Gasteiger partial charge is 0.481 e. The van der Waals surface area contributed by atoms with Crippen molar-refractivity contribution in [1.82, 2.24) is 9.21 Å². The van der Waals surface area contributed by atoms with Crippen molar-refractivity contribution in [2.75, 3.05) is 39.0 Å². The van der Waals surface area contributed by atoms with Crippen molar-refractivity contribution in [3.63, 3.8) is 0 Å². The second-order valence-electron chi connectivity index (χ2n) is 6.52. The van der Waals surface area contributed by atoms with Crippen LogP contribution >= 0.6 is 0 Å². The number of nitrogens with zero attached hydrogens (tertiary/aromatic N) is 2. The number of amides is 1. The first-order valence-corrected chi connectivity index (χ1v) is 10.2. The molecule has 0 aromatic carbocycles. The fourth-order valence-electron chi connectivity index (χ4n) is 3.26. The lowest BCUT2D eigenvalue weighted by Gasteiger charge is -2.34. The van der Waals surface area contributed by atoms with Crippen LogP contribution in [0.5, 0.6) is 0 Å². The van der Waals surface area contributed by atoms with Gasteiger partial charge in [0.05, 0.1) is 24.7 Å². The summed E-state index contributed by atoms with van der Waals surface area (Å²) in [7, 11) is -3.32. The number of carbonyl (C=O) groups excluding carboxylic acids is 1. The van der Waals surface area contributed by atoms with Crippen molar-refractivity contribution in [1.29, 1.82) is 0 Å². The molecule has 1 N–H and O–H groups in total. The first-order chi connectivity index (χ1) is 11.3. The average Bonchev–Trinajstić information content (AvgIpc) is 3.03. The van der Waals surface area contributed by atoms with E-state index in [9.17, 15) is 18.0 Å². The van der Waals surface area contributed by atoms with E-state index in [-0.39, 0.29) is 31.5 Å². The van der Waals surface area contributed by atoms with Crippen molar-refractivity contribution in [2.24, 2.45) is 5.92 Å². The third-order valence-corrected chi connectivity index (χ3v) is 5.83. The Hall–Kier alpha value is -1.19. The molecule has 0 aromatic rings. The summed E-state index contributed by atoms with van der Waals surface area (Å²) in [5.74, 6) is -1.54. The molecule has 2 heterocycles. The first-order valence-electron chi connectivity index (χ1n) is 8.34. The molecule has 0 bridgehead atoms. The average molecular weight is 362 g/mol. The molecular weight excluding hydrogens is 336 g/mol. The minimum atomic E-state index is -3.32. The number of carboxylic acid groups (broad SMARTS) is 1. The standard InChI is InChI=1S/C15H26N2O6S/c1-24(21,22)17-7-2-4-12(10-17)15(20)16(8-6-14(18)19)11-13-5-3-9-23-13/h12-13H,2-11H2,1H3,(H,18,19)/t12-,13-/m1/s1. The summed E-state index contributed by atoms with van der Waals surface area (Å²) < 4.78 is 30.3. The first kappa shape index (κ1) is 19.1. The highest BCUT2D eigenvalue weighted by Crippen LogP contribution is 2.22. The van der Waals surface area contributed by atoms with Crippen LogP contribution in [-0.4, -0.2) is 79.8 Å². The maximum absolute atomic E-state index is 12.8. The smallest absolute Gasteiger partial charge is 0.305 e. The lowest BCUT2D eigenvalue weighted by Crippen LogP contribution is -2.48. The van der Waals surface area contributed by atoms with E-state index in [0.717, 1.165) is 19.1 Å². The molecule has 9 heteroatoms. The van der Waals surface area contributed by atoms with Crippen LogP contribution in [0.3, 0.4) is 0 Å². The van der Waals surface area contributed by atoms with E-state index in [4.69, 9.17) is 9.84 Å². The van der Waals surface area contributed by atoms with Crippen LogP contribution in [-0.2, 0) is 24.3 Å². The minimum absolute atomic E-state index is 0.0580. The minimum Gasteiger partial charge on any atom is -0.481 e. The maximum Gasteiger partial charge on any atom is 0.305 e. The SMILES string of the molecule is CS(=O)(=O)N1CCC[C@@H](C(=O)N(CCC(=O)O)C[C@H]2CCCO2)C1. The van der Waals surface area contributed by atoms with Gasteiger partial charge in [-0.25, -0.2) is 12.7 Å². The lowest BCUT2D eigenvalue weighted by atomic mass is 9.97. The molecule has 2 saturated heterocycles. The molecule has 0 saturated carbocycles. The van der Waals surface area contributed by atoms with Crippen LogP contribution in [0.25, 0.3) is 0 Å². The van der Waals surface area contributed by atoms with Gasteiger partial charge in [0, 0.05) is 32.8 Å². The molecule has 0 aromatic heterocycles. The summed E-state index contributed by atoms with van der Waals surface area (Å²) >= 11 is 0. The molecule has 0 aliphatic carbocycles. The zero-order valence-electron chi connectivity index (χ0n) is 14.0. The number of carbonyl (C=O) groups is 2. The number of rotatable bonds is 7. The van der Waals surface area contributed by atoms with Gasteiger partial charge in [0.1, 0.15) is 0 Å². The Morgan fingerprint density at radius 3 is 2.62 bits per heavy atom. The predicted octanol–water partition coefficient (Wildman–Crippen LogP) is 0.140. The summed E-state index contributed by atoms with van der Waals surface area (Å²) in [5, 5.41) is 8.91. The van der Waals surface area contributed by atoms with Crippen molar-refractivity contribution in [3.8, 4) is 0 Å². The maximum atomic E-state index is 12.8. The highest BCUT2D eigenvalue weighted by Gasteiger charge is 2.34. The fraction of sp³-hybridized carbons (Fsp3) is 0.867. The van der Waals surface area contributed by atoms with E-state index >= 15 is 0 Å². The highest BCUT2D eigenvalue weighted by molar-refractivity contribution is 7.88. The lowest BCUT2D eigenvalue weighted by molar-refractivity contribution is -0.141. The summed E-state index contributed by atoms with van der Waals surface area (Å²) in [4.78, 5) is 25.2. The zero-order chi connectivity index (χ0) is 17.7. The van der Waals surface area contributed by atoms with E-state index in [0.29, 0.717) is 32.5 Å². The van der Waals surface area contributed by atoms with Gasteiger partial charge in [-0.2, -0.15) is 0 Å². The van der Waals surface area contributed by atoms with Crippen LogP contribution in [0.2, 0.25) is 0 Å². The molecule has 2 aliphatic rings. The van der Waals surface area contributed by atoms with E-state index in [1.54, 1.807) is 4.90 Å². The molecule has 2 fully saturated rings. The molecule has 8 nitrogen and oxygen atoms in total. The van der Waals surface area contributed by atoms with Gasteiger partial charge in [-0.3, -0.25) is 9.59 Å². The Kier molecular flexibility index (Phi) is 6.59. The molecule has 24 heavy (non-hydrogen) atoms.